The van der Waals surface area contributed by atoms with Crippen LogP contribution in [0.25, 0.3) is 11.8 Å². The van der Waals surface area contributed by atoms with Crippen LogP contribution in [0.3, 0.4) is 0 Å². The van der Waals surface area contributed by atoms with E-state index < -0.39 is 36.1 Å². The van der Waals surface area contributed by atoms with Crippen LogP contribution in [0.2, 0.25) is 0 Å². The summed E-state index contributed by atoms with van der Waals surface area (Å²) in [5.41, 5.74) is 6.28. The van der Waals surface area contributed by atoms with Gasteiger partial charge >= 0.3 is 18.1 Å². The zero-order chi connectivity index (χ0) is 30.9. The van der Waals surface area contributed by atoms with Crippen LogP contribution in [0.1, 0.15) is 42.2 Å². The van der Waals surface area contributed by atoms with E-state index in [0.29, 0.717) is 50.4 Å². The second kappa shape index (κ2) is 11.6. The van der Waals surface area contributed by atoms with Gasteiger partial charge in [-0.15, -0.1) is 0 Å². The first kappa shape index (κ1) is 29.8. The average molecular weight is 602 g/mol. The minimum Gasteiger partial charge on any atom is -0.480 e. The van der Waals surface area contributed by atoms with E-state index in [9.17, 15) is 27.9 Å². The number of piperidine rings is 1. The fraction of sp³-hybridized carbons (Fsp3) is 0.393. The van der Waals surface area contributed by atoms with E-state index >= 15 is 0 Å². The Balaban J connectivity index is 1.45. The van der Waals surface area contributed by atoms with Gasteiger partial charge in [0.05, 0.1) is 11.4 Å². The van der Waals surface area contributed by atoms with Crippen LogP contribution in [0.4, 0.5) is 24.9 Å². The highest BCUT2D eigenvalue weighted by Crippen LogP contribution is 2.42. The Morgan fingerprint density at radius 1 is 1.19 bits per heavy atom. The molecule has 0 saturated carbocycles. The van der Waals surface area contributed by atoms with E-state index in [1.165, 1.54) is 41.2 Å². The van der Waals surface area contributed by atoms with Gasteiger partial charge in [0.25, 0.3) is 0 Å². The molecule has 1 aromatic carbocycles. The molecule has 5 rings (SSSR count). The number of aliphatic carboxylic acids is 2. The number of hydrogen-bond acceptors (Lipinski definition) is 9. The summed E-state index contributed by atoms with van der Waals surface area (Å²) in [5.74, 6) is -2.52. The quantitative estimate of drug-likeness (QED) is 0.279. The summed E-state index contributed by atoms with van der Waals surface area (Å²) in [6.07, 6.45) is -2.09. The number of anilines is 2. The minimum absolute atomic E-state index is 0.0799. The van der Waals surface area contributed by atoms with Crippen molar-refractivity contribution in [1.82, 2.24) is 25.1 Å². The lowest BCUT2D eigenvalue weighted by molar-refractivity contribution is -0.198. The van der Waals surface area contributed by atoms with Crippen LogP contribution in [0.5, 0.6) is 5.88 Å². The van der Waals surface area contributed by atoms with Crippen LogP contribution in [0.15, 0.2) is 42.6 Å². The van der Waals surface area contributed by atoms with Crippen molar-refractivity contribution < 1.29 is 37.7 Å². The number of ether oxygens (including phenoxy) is 1. The summed E-state index contributed by atoms with van der Waals surface area (Å²) in [4.78, 5) is 32.4. The predicted molar refractivity (Wildman–Crippen MR) is 149 cm³/mol. The molecule has 0 bridgehead atoms. The van der Waals surface area contributed by atoms with Crippen molar-refractivity contribution in [2.45, 2.75) is 44.5 Å². The van der Waals surface area contributed by atoms with Crippen molar-refractivity contribution in [3.8, 4) is 11.6 Å². The minimum atomic E-state index is -4.92. The molecule has 12 nitrogen and oxygen atoms in total. The number of carbonyl (C=O) groups is 2. The van der Waals surface area contributed by atoms with Crippen molar-refractivity contribution in [3.05, 3.63) is 59.4 Å². The van der Waals surface area contributed by atoms with Crippen LogP contribution in [-0.4, -0.2) is 73.8 Å². The topological polar surface area (TPSA) is 169 Å². The van der Waals surface area contributed by atoms with Crippen molar-refractivity contribution in [1.29, 1.82) is 0 Å². The van der Waals surface area contributed by atoms with Crippen molar-refractivity contribution in [2.75, 3.05) is 30.3 Å². The summed E-state index contributed by atoms with van der Waals surface area (Å²) in [6, 6.07) is 6.40. The number of carboxylic acids is 2. The monoisotopic (exact) mass is 601 g/mol. The van der Waals surface area contributed by atoms with Crippen LogP contribution >= 0.6 is 0 Å². The molecule has 2 fully saturated rings. The molecule has 3 aromatic rings. The molecule has 228 valence electrons. The highest BCUT2D eigenvalue weighted by Gasteiger charge is 2.46. The molecule has 2 atom stereocenters. The smallest absolute Gasteiger partial charge is 0.429 e. The number of alkyl halides is 3. The number of carboxylic acid groups (broad SMARTS) is 2. The zero-order valence-electron chi connectivity index (χ0n) is 23.1. The van der Waals surface area contributed by atoms with Gasteiger partial charge in [0.15, 0.2) is 0 Å². The molecule has 0 aliphatic carbocycles. The molecule has 0 unspecified atom stereocenters. The second-order valence-electron chi connectivity index (χ2n) is 10.8. The van der Waals surface area contributed by atoms with Crippen LogP contribution in [0, 0.1) is 12.3 Å². The third kappa shape index (κ3) is 6.71. The Morgan fingerprint density at radius 2 is 1.93 bits per heavy atom. The molecular weight excluding hydrogens is 571 g/mol. The maximum absolute atomic E-state index is 14.7. The summed E-state index contributed by atoms with van der Waals surface area (Å²) >= 11 is 0. The van der Waals surface area contributed by atoms with E-state index in [-0.39, 0.29) is 28.2 Å². The number of aromatic nitrogens is 4. The Bertz CT molecular complexity index is 1550. The third-order valence-electron chi connectivity index (χ3n) is 7.77. The number of aryl methyl sites for hydroxylation is 1. The number of nitrogens with zero attached hydrogens (tertiary/aromatic N) is 5. The highest BCUT2D eigenvalue weighted by molar-refractivity contribution is 5.85. The van der Waals surface area contributed by atoms with Gasteiger partial charge in [-0.25, -0.2) is 9.48 Å². The van der Waals surface area contributed by atoms with Gasteiger partial charge in [0.1, 0.15) is 11.9 Å². The maximum Gasteiger partial charge on any atom is 0.429 e. The number of halogens is 3. The number of nitrogens with one attached hydrogen (secondary N) is 1. The second-order valence-corrected chi connectivity index (χ2v) is 10.8. The van der Waals surface area contributed by atoms with Crippen LogP contribution < -0.4 is 20.7 Å². The van der Waals surface area contributed by atoms with Crippen molar-refractivity contribution in [2.24, 2.45) is 5.41 Å². The van der Waals surface area contributed by atoms with E-state index in [2.05, 4.69) is 20.4 Å². The largest absolute Gasteiger partial charge is 0.480 e. The SMILES string of the molecule is Cc1ccn(-c2ccc(/C=C/C(=O)O)cc2[C@@H](Oc2cc(N3CCC4(CC3)CN[C@H](C(=O)O)C4)nc(N)n2)C(F)(F)F)n1. The lowest BCUT2D eigenvalue weighted by Gasteiger charge is -2.39. The predicted octanol–water partition coefficient (Wildman–Crippen LogP) is 3.37. The Hall–Kier alpha value is -4.66. The first-order valence-electron chi connectivity index (χ1n) is 13.5. The molecule has 5 N–H and O–H groups in total. The average Bonchev–Trinajstić information content (AvgIpc) is 3.56. The summed E-state index contributed by atoms with van der Waals surface area (Å²) < 4.78 is 50.8. The van der Waals surface area contributed by atoms with Crippen molar-refractivity contribution >= 4 is 29.8 Å². The highest BCUT2D eigenvalue weighted by atomic mass is 19.4. The fourth-order valence-electron chi connectivity index (χ4n) is 5.57. The summed E-state index contributed by atoms with van der Waals surface area (Å²) in [6.45, 7) is 3.25. The lowest BCUT2D eigenvalue weighted by Crippen LogP contribution is -2.41. The maximum atomic E-state index is 14.7. The van der Waals surface area contributed by atoms with Gasteiger partial charge in [-0.05, 0) is 61.4 Å². The van der Waals surface area contributed by atoms with E-state index in [1.807, 2.05) is 4.90 Å². The van der Waals surface area contributed by atoms with Gasteiger partial charge in [-0.3, -0.25) is 4.79 Å². The molecule has 2 aromatic heterocycles. The lowest BCUT2D eigenvalue weighted by atomic mass is 9.76. The molecule has 15 heteroatoms. The fourth-order valence-corrected chi connectivity index (χ4v) is 5.57. The Kier molecular flexibility index (Phi) is 8.01. The number of benzene rings is 1. The molecule has 43 heavy (non-hydrogen) atoms. The van der Waals surface area contributed by atoms with Crippen LogP contribution in [-0.2, 0) is 9.59 Å². The third-order valence-corrected chi connectivity index (χ3v) is 7.77. The molecule has 4 heterocycles. The summed E-state index contributed by atoms with van der Waals surface area (Å²) in [5, 5.41) is 25.6. The molecule has 1 spiro atoms. The molecule has 0 radical (unpaired) electrons. The number of rotatable bonds is 8. The normalized spacial score (nSPS) is 19.2. The number of nitrogens with two attached hydrogens (primary N) is 1. The van der Waals surface area contributed by atoms with Gasteiger partial charge in [-0.1, -0.05) is 6.07 Å². The zero-order valence-corrected chi connectivity index (χ0v) is 23.1. The number of hydrogen-bond donors (Lipinski definition) is 4. The first-order chi connectivity index (χ1) is 20.3. The standard InChI is InChI=1S/C28H30F3N7O5/c1-16-6-9-38(36-16)20-4-2-17(3-5-23(39)40)12-18(20)24(28(29,30)31)43-22-13-21(34-26(32)35-22)37-10-7-27(8-11-37)14-19(25(41)42)33-15-27/h2-6,9,12-13,19,24,33H,7-8,10-11,14-15H2,1H3,(H,39,40)(H,41,42)(H2,32,34,35)/b5-3+/t19-,24+/m0/s1. The molecule has 0 amide bonds. The molecule has 2 aliphatic rings. The van der Waals surface area contributed by atoms with Gasteiger partial charge in [0, 0.05) is 43.5 Å². The first-order valence-corrected chi connectivity index (χ1v) is 13.5. The van der Waals surface area contributed by atoms with E-state index in [0.717, 1.165) is 6.08 Å². The number of nitrogen functional groups attached to an aromatic ring is 1. The Labute approximate surface area is 244 Å². The molecule has 2 saturated heterocycles. The van der Waals surface area contributed by atoms with E-state index in [4.69, 9.17) is 15.6 Å². The van der Waals surface area contributed by atoms with Gasteiger partial charge < -0.3 is 30.9 Å². The van der Waals surface area contributed by atoms with Gasteiger partial charge in [-0.2, -0.15) is 28.2 Å². The molecule has 2 aliphatic heterocycles. The van der Waals surface area contributed by atoms with E-state index in [1.54, 1.807) is 13.0 Å². The Morgan fingerprint density at radius 3 is 2.53 bits per heavy atom. The van der Waals surface area contributed by atoms with Gasteiger partial charge in [0.2, 0.25) is 17.9 Å². The molecular formula is C28H30F3N7O5. The van der Waals surface area contributed by atoms with Crippen molar-refractivity contribution in [3.63, 3.8) is 0 Å². The summed E-state index contributed by atoms with van der Waals surface area (Å²) in [7, 11) is 0.